The SMILES string of the molecule is CS(=O)(=O)c1cc(F)cc2c1c(Sc1nc3ccccc3s1)c1n2CCC1CC(=O)O. The van der Waals surface area contributed by atoms with Crippen molar-refractivity contribution in [1.29, 1.82) is 0 Å². The Morgan fingerprint density at radius 2 is 2.13 bits per heavy atom. The highest BCUT2D eigenvalue weighted by atomic mass is 32.2. The monoisotopic (exact) mass is 476 g/mol. The Morgan fingerprint density at radius 1 is 1.35 bits per heavy atom. The van der Waals surface area contributed by atoms with Crippen LogP contribution in [0.4, 0.5) is 4.39 Å². The molecule has 0 amide bonds. The van der Waals surface area contributed by atoms with Crippen LogP contribution >= 0.6 is 23.1 Å². The highest BCUT2D eigenvalue weighted by Crippen LogP contribution is 2.49. The van der Waals surface area contributed by atoms with E-state index in [-0.39, 0.29) is 17.2 Å². The Kier molecular flexibility index (Phi) is 4.83. The fourth-order valence-electron chi connectivity index (χ4n) is 4.25. The lowest BCUT2D eigenvalue weighted by atomic mass is 10.0. The van der Waals surface area contributed by atoms with Crippen LogP contribution < -0.4 is 0 Å². The number of sulfone groups is 1. The van der Waals surface area contributed by atoms with Crippen LogP contribution in [0.1, 0.15) is 24.5 Å². The molecule has 4 aromatic rings. The number of aliphatic carboxylic acids is 1. The number of para-hydroxylation sites is 1. The van der Waals surface area contributed by atoms with Gasteiger partial charge < -0.3 is 9.67 Å². The molecule has 6 nitrogen and oxygen atoms in total. The van der Waals surface area contributed by atoms with E-state index < -0.39 is 21.6 Å². The maximum Gasteiger partial charge on any atom is 0.304 e. The summed E-state index contributed by atoms with van der Waals surface area (Å²) < 4.78 is 43.1. The first kappa shape index (κ1) is 20.5. The number of carboxylic acid groups (broad SMARTS) is 1. The maximum atomic E-state index is 14.4. The van der Waals surface area contributed by atoms with Gasteiger partial charge in [0.05, 0.1) is 27.0 Å². The number of fused-ring (bicyclic) bond motifs is 4. The van der Waals surface area contributed by atoms with E-state index in [1.165, 1.54) is 29.2 Å². The van der Waals surface area contributed by atoms with Crippen molar-refractivity contribution >= 4 is 60.0 Å². The smallest absolute Gasteiger partial charge is 0.304 e. The van der Waals surface area contributed by atoms with Crippen LogP contribution in [0.5, 0.6) is 0 Å². The van der Waals surface area contributed by atoms with Gasteiger partial charge in [0.1, 0.15) is 5.82 Å². The third kappa shape index (κ3) is 3.52. The third-order valence-corrected chi connectivity index (χ3v) is 8.79. The largest absolute Gasteiger partial charge is 0.481 e. The van der Waals surface area contributed by atoms with Crippen LogP contribution in [-0.2, 0) is 21.2 Å². The summed E-state index contributed by atoms with van der Waals surface area (Å²) in [6.07, 6.45) is 1.60. The molecule has 1 unspecified atom stereocenters. The van der Waals surface area contributed by atoms with Gasteiger partial charge in [0.2, 0.25) is 0 Å². The van der Waals surface area contributed by atoms with Gasteiger partial charge in [-0.15, -0.1) is 11.3 Å². The number of benzene rings is 2. The second-order valence-corrected chi connectivity index (χ2v) is 11.8. The van der Waals surface area contributed by atoms with Gasteiger partial charge in [-0.2, -0.15) is 0 Å². The number of halogens is 1. The predicted molar refractivity (Wildman–Crippen MR) is 118 cm³/mol. The number of rotatable bonds is 5. The van der Waals surface area contributed by atoms with Crippen molar-refractivity contribution in [2.45, 2.75) is 39.4 Å². The Balaban J connectivity index is 1.79. The Bertz CT molecular complexity index is 1440. The van der Waals surface area contributed by atoms with Crippen molar-refractivity contribution in [3.05, 3.63) is 47.9 Å². The van der Waals surface area contributed by atoms with Gasteiger partial charge in [-0.3, -0.25) is 4.79 Å². The molecule has 31 heavy (non-hydrogen) atoms. The molecule has 0 radical (unpaired) electrons. The fraction of sp³-hybridized carbons (Fsp3) is 0.238. The number of carbonyl (C=O) groups is 1. The van der Waals surface area contributed by atoms with E-state index in [0.29, 0.717) is 28.8 Å². The van der Waals surface area contributed by atoms with E-state index in [2.05, 4.69) is 4.98 Å². The zero-order chi connectivity index (χ0) is 21.9. The predicted octanol–water partition coefficient (Wildman–Crippen LogP) is 4.91. The van der Waals surface area contributed by atoms with Crippen LogP contribution in [0.15, 0.2) is 50.5 Å². The molecular weight excluding hydrogens is 459 g/mol. The zero-order valence-electron chi connectivity index (χ0n) is 16.3. The van der Waals surface area contributed by atoms with Crippen molar-refractivity contribution in [2.24, 2.45) is 0 Å². The molecule has 0 bridgehead atoms. The topological polar surface area (TPSA) is 89.3 Å². The molecule has 0 saturated carbocycles. The molecule has 3 heterocycles. The summed E-state index contributed by atoms with van der Waals surface area (Å²) in [7, 11) is -3.72. The molecule has 1 aliphatic heterocycles. The van der Waals surface area contributed by atoms with E-state index in [0.717, 1.165) is 32.6 Å². The summed E-state index contributed by atoms with van der Waals surface area (Å²) >= 11 is 2.81. The molecule has 0 fully saturated rings. The van der Waals surface area contributed by atoms with E-state index in [1.807, 2.05) is 28.8 Å². The van der Waals surface area contributed by atoms with Gasteiger partial charge in [-0.05, 0) is 30.7 Å². The zero-order valence-corrected chi connectivity index (χ0v) is 18.8. The lowest BCUT2D eigenvalue weighted by molar-refractivity contribution is -0.137. The maximum absolute atomic E-state index is 14.4. The number of aromatic nitrogens is 2. The van der Waals surface area contributed by atoms with E-state index in [1.54, 1.807) is 0 Å². The van der Waals surface area contributed by atoms with Crippen LogP contribution in [0.25, 0.3) is 21.1 Å². The standard InChI is InChI=1S/C21H17FN2O4S3/c1-31(27,28)16-10-12(22)9-14-18(16)20(19-11(8-17(25)26)6-7-24(14)19)30-21-23-13-4-2-3-5-15(13)29-21/h2-5,9-11H,6-8H2,1H3,(H,25,26). The van der Waals surface area contributed by atoms with Crippen LogP contribution in [0, 0.1) is 5.82 Å². The summed E-state index contributed by atoms with van der Waals surface area (Å²) in [5.74, 6) is -1.84. The summed E-state index contributed by atoms with van der Waals surface area (Å²) in [5, 5.41) is 9.84. The highest BCUT2D eigenvalue weighted by Gasteiger charge is 2.34. The van der Waals surface area contributed by atoms with Crippen molar-refractivity contribution in [2.75, 3.05) is 6.26 Å². The molecule has 0 saturated heterocycles. The van der Waals surface area contributed by atoms with Gasteiger partial charge in [-0.1, -0.05) is 23.9 Å². The van der Waals surface area contributed by atoms with E-state index in [4.69, 9.17) is 0 Å². The molecule has 160 valence electrons. The first-order valence-electron chi connectivity index (χ1n) is 9.53. The molecule has 2 aromatic heterocycles. The van der Waals surface area contributed by atoms with Crippen molar-refractivity contribution in [1.82, 2.24) is 9.55 Å². The minimum Gasteiger partial charge on any atom is -0.481 e. The lowest BCUT2D eigenvalue weighted by Gasteiger charge is -2.10. The van der Waals surface area contributed by atoms with Crippen LogP contribution in [-0.4, -0.2) is 35.3 Å². The van der Waals surface area contributed by atoms with Crippen molar-refractivity contribution < 1.29 is 22.7 Å². The number of aryl methyl sites for hydroxylation is 1. The second-order valence-electron chi connectivity index (χ2n) is 7.57. The number of hydrogen-bond donors (Lipinski definition) is 1. The minimum atomic E-state index is -3.72. The van der Waals surface area contributed by atoms with Gasteiger partial charge in [-0.25, -0.2) is 17.8 Å². The van der Waals surface area contributed by atoms with Crippen LogP contribution in [0.2, 0.25) is 0 Å². The molecule has 2 aromatic carbocycles. The van der Waals surface area contributed by atoms with Crippen molar-refractivity contribution in [3.8, 4) is 0 Å². The summed E-state index contributed by atoms with van der Waals surface area (Å²) in [6, 6.07) is 10.1. The first-order valence-corrected chi connectivity index (χ1v) is 13.1. The molecule has 1 atom stereocenters. The lowest BCUT2D eigenvalue weighted by Crippen LogP contribution is -2.04. The van der Waals surface area contributed by atoms with Gasteiger partial charge in [0.15, 0.2) is 14.2 Å². The molecule has 1 aliphatic rings. The number of hydrogen-bond acceptors (Lipinski definition) is 6. The van der Waals surface area contributed by atoms with E-state index >= 15 is 0 Å². The summed E-state index contributed by atoms with van der Waals surface area (Å²) in [5.41, 5.74) is 2.07. The molecule has 10 heteroatoms. The quantitative estimate of drug-likeness (QED) is 0.440. The van der Waals surface area contributed by atoms with Gasteiger partial charge >= 0.3 is 5.97 Å². The fourth-order valence-corrected chi connectivity index (χ4v) is 7.61. The van der Waals surface area contributed by atoms with Crippen LogP contribution in [0.3, 0.4) is 0 Å². The number of thiazole rings is 1. The summed E-state index contributed by atoms with van der Waals surface area (Å²) in [4.78, 5) is 16.7. The van der Waals surface area contributed by atoms with Gasteiger partial charge in [0.25, 0.3) is 0 Å². The Hall–Kier alpha value is -2.43. The molecular formula is C21H17FN2O4S3. The van der Waals surface area contributed by atoms with E-state index in [9.17, 15) is 22.7 Å². The Labute approximate surface area is 185 Å². The van der Waals surface area contributed by atoms with Gasteiger partial charge in [0, 0.05) is 34.7 Å². The number of carboxylic acids is 1. The molecule has 1 N–H and O–H groups in total. The minimum absolute atomic E-state index is 0.0690. The summed E-state index contributed by atoms with van der Waals surface area (Å²) in [6.45, 7) is 0.511. The Morgan fingerprint density at radius 3 is 2.84 bits per heavy atom. The first-order chi connectivity index (χ1) is 14.7. The normalized spacial score (nSPS) is 16.3. The molecule has 0 spiro atoms. The second kappa shape index (κ2) is 7.32. The van der Waals surface area contributed by atoms with Crippen molar-refractivity contribution in [3.63, 3.8) is 0 Å². The highest BCUT2D eigenvalue weighted by molar-refractivity contribution is 8.01. The third-order valence-electron chi connectivity index (χ3n) is 5.46. The molecule has 0 aliphatic carbocycles. The average molecular weight is 477 g/mol. The average Bonchev–Trinajstić information content (AvgIpc) is 3.35. The number of nitrogens with zero attached hydrogens (tertiary/aromatic N) is 2. The molecule has 5 rings (SSSR count).